The molecule has 1 unspecified atom stereocenters. The van der Waals surface area contributed by atoms with Crippen LogP contribution in [-0.2, 0) is 5.41 Å². The smallest absolute Gasteiger partial charge is 0.329 e. The van der Waals surface area contributed by atoms with Gasteiger partial charge in [-0.2, -0.15) is 4.98 Å². The van der Waals surface area contributed by atoms with Crippen molar-refractivity contribution in [3.63, 3.8) is 0 Å². The number of methoxy groups -OCH3 is 1. The fourth-order valence-corrected chi connectivity index (χ4v) is 2.06. The summed E-state index contributed by atoms with van der Waals surface area (Å²) in [4.78, 5) is 16.7. The van der Waals surface area contributed by atoms with E-state index in [0.29, 0.717) is 11.9 Å². The van der Waals surface area contributed by atoms with Crippen LogP contribution in [-0.4, -0.2) is 28.7 Å². The normalized spacial score (nSPS) is 13.4. The lowest BCUT2D eigenvalue weighted by molar-refractivity contribution is 0.233. The van der Waals surface area contributed by atoms with Gasteiger partial charge in [0.25, 0.3) is 0 Å². The van der Waals surface area contributed by atoms with Gasteiger partial charge in [-0.25, -0.2) is 9.36 Å². The molecule has 0 aliphatic heterocycles. The molecule has 1 heterocycles. The number of ether oxygens (including phenoxy) is 1. The van der Waals surface area contributed by atoms with Crippen LogP contribution >= 0.6 is 0 Å². The van der Waals surface area contributed by atoms with Crippen LogP contribution in [0.15, 0.2) is 6.20 Å². The van der Waals surface area contributed by atoms with Gasteiger partial charge in [0.15, 0.2) is 0 Å². The summed E-state index contributed by atoms with van der Waals surface area (Å²) in [7, 11) is 1.52. The van der Waals surface area contributed by atoms with Gasteiger partial charge in [-0.1, -0.05) is 34.6 Å². The summed E-state index contributed by atoms with van der Waals surface area (Å²) in [6.07, 6.45) is 2.69. The molecule has 5 nitrogen and oxygen atoms in total. The monoisotopic (exact) mass is 281 g/mol. The third kappa shape index (κ3) is 4.25. The fraction of sp³-hybridized carbons (Fsp3) is 0.733. The number of carbonyl (C=O) groups is 1. The molecule has 1 amide bonds. The molecule has 5 heteroatoms. The molecule has 0 spiro atoms. The zero-order valence-corrected chi connectivity index (χ0v) is 13.7. The van der Waals surface area contributed by atoms with E-state index in [-0.39, 0.29) is 17.5 Å². The maximum Gasteiger partial charge on any atom is 0.329 e. The van der Waals surface area contributed by atoms with E-state index in [1.54, 1.807) is 6.20 Å². The Hall–Kier alpha value is -1.52. The van der Waals surface area contributed by atoms with Crippen LogP contribution in [0.2, 0.25) is 0 Å². The SMILES string of the molecule is COc1nc(C(C)(C)C)cn1C(=O)NC(C)CC(C)C. The highest BCUT2D eigenvalue weighted by atomic mass is 16.5. The average Bonchev–Trinajstić information content (AvgIpc) is 2.70. The lowest BCUT2D eigenvalue weighted by atomic mass is 9.93. The average molecular weight is 281 g/mol. The Morgan fingerprint density at radius 1 is 1.40 bits per heavy atom. The van der Waals surface area contributed by atoms with E-state index < -0.39 is 0 Å². The lowest BCUT2D eigenvalue weighted by Crippen LogP contribution is -2.36. The molecule has 0 aliphatic rings. The predicted molar refractivity (Wildman–Crippen MR) is 80.3 cm³/mol. The number of hydrogen-bond acceptors (Lipinski definition) is 3. The first-order valence-corrected chi connectivity index (χ1v) is 7.10. The number of nitrogens with zero attached hydrogens (tertiary/aromatic N) is 2. The Morgan fingerprint density at radius 2 is 2.00 bits per heavy atom. The first kappa shape index (κ1) is 16.5. The summed E-state index contributed by atoms with van der Waals surface area (Å²) in [5.74, 6) is 0.542. The van der Waals surface area contributed by atoms with Gasteiger partial charge < -0.3 is 10.1 Å². The first-order valence-electron chi connectivity index (χ1n) is 7.10. The van der Waals surface area contributed by atoms with Crippen molar-refractivity contribution in [2.75, 3.05) is 7.11 Å². The molecule has 1 aromatic rings. The highest BCUT2D eigenvalue weighted by Gasteiger charge is 2.23. The first-order chi connectivity index (χ1) is 9.15. The lowest BCUT2D eigenvalue weighted by Gasteiger charge is -2.16. The van der Waals surface area contributed by atoms with Crippen molar-refractivity contribution in [2.45, 2.75) is 59.4 Å². The number of aromatic nitrogens is 2. The molecule has 20 heavy (non-hydrogen) atoms. The molecule has 1 atom stereocenters. The van der Waals surface area contributed by atoms with E-state index in [2.05, 4.69) is 44.9 Å². The Kier molecular flexibility index (Phi) is 5.20. The minimum absolute atomic E-state index is 0.118. The Balaban J connectivity index is 2.90. The zero-order valence-electron chi connectivity index (χ0n) is 13.7. The van der Waals surface area contributed by atoms with E-state index in [1.807, 2.05) is 6.92 Å². The molecular formula is C15H27N3O2. The number of carbonyl (C=O) groups excluding carboxylic acids is 1. The van der Waals surface area contributed by atoms with E-state index in [4.69, 9.17) is 4.74 Å². The molecule has 0 bridgehead atoms. The molecule has 114 valence electrons. The quantitative estimate of drug-likeness (QED) is 0.922. The molecule has 0 aromatic carbocycles. The van der Waals surface area contributed by atoms with Gasteiger partial charge in [0.1, 0.15) is 0 Å². The van der Waals surface area contributed by atoms with Crippen molar-refractivity contribution < 1.29 is 9.53 Å². The van der Waals surface area contributed by atoms with Crippen molar-refractivity contribution in [3.8, 4) is 6.01 Å². The summed E-state index contributed by atoms with van der Waals surface area (Å²) in [6.45, 7) is 12.4. The number of amides is 1. The van der Waals surface area contributed by atoms with Crippen LogP contribution < -0.4 is 10.1 Å². The fourth-order valence-electron chi connectivity index (χ4n) is 2.06. The van der Waals surface area contributed by atoms with Gasteiger partial charge in [-0.15, -0.1) is 0 Å². The van der Waals surface area contributed by atoms with Crippen LogP contribution in [0.5, 0.6) is 6.01 Å². The molecule has 1 aromatic heterocycles. The second-order valence-corrected chi connectivity index (χ2v) is 6.71. The molecule has 1 N–H and O–H groups in total. The highest BCUT2D eigenvalue weighted by molar-refractivity contribution is 5.78. The minimum atomic E-state index is -0.196. The Labute approximate surface area is 121 Å². The second-order valence-electron chi connectivity index (χ2n) is 6.71. The van der Waals surface area contributed by atoms with Gasteiger partial charge in [0.2, 0.25) is 0 Å². The molecule has 1 rings (SSSR count). The summed E-state index contributed by atoms with van der Waals surface area (Å²) < 4.78 is 6.64. The van der Waals surface area contributed by atoms with Crippen LogP contribution in [0.1, 0.15) is 53.7 Å². The van der Waals surface area contributed by atoms with Crippen molar-refractivity contribution in [3.05, 3.63) is 11.9 Å². The standard InChI is InChI=1S/C15H27N3O2/c1-10(2)8-11(3)16-13(19)18-9-12(15(4,5)6)17-14(18)20-7/h9-11H,8H2,1-7H3,(H,16,19). The maximum absolute atomic E-state index is 12.3. The van der Waals surface area contributed by atoms with Crippen LogP contribution in [0.4, 0.5) is 4.79 Å². The van der Waals surface area contributed by atoms with E-state index in [0.717, 1.165) is 12.1 Å². The second kappa shape index (κ2) is 6.29. The molecular weight excluding hydrogens is 254 g/mol. The number of hydrogen-bond donors (Lipinski definition) is 1. The molecule has 0 radical (unpaired) electrons. The van der Waals surface area contributed by atoms with Crippen LogP contribution in [0.3, 0.4) is 0 Å². The summed E-state index contributed by atoms with van der Waals surface area (Å²) >= 11 is 0. The van der Waals surface area contributed by atoms with Gasteiger partial charge in [0, 0.05) is 17.7 Å². The maximum atomic E-state index is 12.3. The topological polar surface area (TPSA) is 56.2 Å². The van der Waals surface area contributed by atoms with Crippen molar-refractivity contribution in [1.82, 2.24) is 14.9 Å². The Bertz CT molecular complexity index is 458. The minimum Gasteiger partial charge on any atom is -0.468 e. The third-order valence-corrected chi connectivity index (χ3v) is 3.04. The van der Waals surface area contributed by atoms with Crippen molar-refractivity contribution >= 4 is 6.03 Å². The Morgan fingerprint density at radius 3 is 2.45 bits per heavy atom. The summed E-state index contributed by atoms with van der Waals surface area (Å²) in [5.41, 5.74) is 0.712. The van der Waals surface area contributed by atoms with Crippen molar-refractivity contribution in [2.24, 2.45) is 5.92 Å². The van der Waals surface area contributed by atoms with Gasteiger partial charge >= 0.3 is 12.0 Å². The predicted octanol–water partition coefficient (Wildman–Crippen LogP) is 3.18. The summed E-state index contributed by atoms with van der Waals surface area (Å²) in [6, 6.07) is 0.245. The largest absolute Gasteiger partial charge is 0.468 e. The summed E-state index contributed by atoms with van der Waals surface area (Å²) in [5, 5.41) is 2.97. The molecule has 0 fully saturated rings. The highest BCUT2D eigenvalue weighted by Crippen LogP contribution is 2.24. The van der Waals surface area contributed by atoms with Gasteiger partial charge in [-0.3, -0.25) is 0 Å². The van der Waals surface area contributed by atoms with Crippen LogP contribution in [0.25, 0.3) is 0 Å². The van der Waals surface area contributed by atoms with Crippen LogP contribution in [0, 0.1) is 5.92 Å². The molecule has 0 aliphatic carbocycles. The number of imidazole rings is 1. The number of rotatable bonds is 4. The van der Waals surface area contributed by atoms with Gasteiger partial charge in [-0.05, 0) is 19.3 Å². The molecule has 0 saturated heterocycles. The third-order valence-electron chi connectivity index (χ3n) is 3.04. The van der Waals surface area contributed by atoms with Gasteiger partial charge in [0.05, 0.1) is 12.8 Å². The van der Waals surface area contributed by atoms with Crippen molar-refractivity contribution in [1.29, 1.82) is 0 Å². The van der Waals surface area contributed by atoms with E-state index in [9.17, 15) is 4.79 Å². The number of nitrogens with one attached hydrogen (secondary N) is 1. The molecule has 0 saturated carbocycles. The van der Waals surface area contributed by atoms with E-state index in [1.165, 1.54) is 11.7 Å². The van der Waals surface area contributed by atoms with E-state index >= 15 is 0 Å². The zero-order chi connectivity index (χ0) is 15.5.